The monoisotopic (exact) mass is 397 g/mol. The van der Waals surface area contributed by atoms with Gasteiger partial charge in [0.05, 0.1) is 6.61 Å². The van der Waals surface area contributed by atoms with Gasteiger partial charge in [0.1, 0.15) is 0 Å². The van der Waals surface area contributed by atoms with E-state index in [0.29, 0.717) is 24.8 Å². The Labute approximate surface area is 173 Å². The van der Waals surface area contributed by atoms with E-state index in [1.807, 2.05) is 62.4 Å². The summed E-state index contributed by atoms with van der Waals surface area (Å²) in [7, 11) is 0. The van der Waals surface area contributed by atoms with E-state index in [1.165, 1.54) is 0 Å². The molecule has 0 aliphatic carbocycles. The minimum Gasteiger partial charge on any atom is -0.449 e. The summed E-state index contributed by atoms with van der Waals surface area (Å²) in [5.41, 5.74) is 3.74. The van der Waals surface area contributed by atoms with Gasteiger partial charge in [-0.2, -0.15) is 0 Å². The molecule has 2 rings (SSSR count). The van der Waals surface area contributed by atoms with Crippen LogP contribution in [0.2, 0.25) is 0 Å². The van der Waals surface area contributed by atoms with E-state index in [1.54, 1.807) is 0 Å². The predicted molar refractivity (Wildman–Crippen MR) is 117 cm³/mol. The lowest BCUT2D eigenvalue weighted by Crippen LogP contribution is -2.29. The quantitative estimate of drug-likeness (QED) is 0.495. The Hall–Kier alpha value is -3.02. The van der Waals surface area contributed by atoms with Crippen LogP contribution in [0, 0.1) is 5.92 Å². The first-order chi connectivity index (χ1) is 14.0. The van der Waals surface area contributed by atoms with E-state index in [4.69, 9.17) is 4.74 Å². The second kappa shape index (κ2) is 11.7. The summed E-state index contributed by atoms with van der Waals surface area (Å²) >= 11 is 0. The number of carbonyl (C=O) groups excluding carboxylic acids is 2. The lowest BCUT2D eigenvalue weighted by Gasteiger charge is -2.10. The van der Waals surface area contributed by atoms with Crippen molar-refractivity contribution in [1.29, 1.82) is 0 Å². The van der Waals surface area contributed by atoms with Gasteiger partial charge in [0.2, 0.25) is 0 Å². The largest absolute Gasteiger partial charge is 0.449 e. The van der Waals surface area contributed by atoms with Crippen molar-refractivity contribution in [3.05, 3.63) is 59.7 Å². The summed E-state index contributed by atoms with van der Waals surface area (Å²) in [6.07, 6.45) is 2.35. The average Bonchev–Trinajstić information content (AvgIpc) is 2.69. The summed E-state index contributed by atoms with van der Waals surface area (Å²) < 4.78 is 5.11. The summed E-state index contributed by atoms with van der Waals surface area (Å²) in [6.45, 7) is 7.15. The highest BCUT2D eigenvalue weighted by Crippen LogP contribution is 2.16. The SMILES string of the molecule is CCCCNC(=O)Nc1ccc(Cc2ccc(NC(=O)OCC(C)C)cc2)cc1. The molecule has 0 radical (unpaired) electrons. The molecule has 6 heteroatoms. The standard InChI is InChI=1S/C23H31N3O3/c1-4-5-14-24-22(27)25-20-10-6-18(7-11-20)15-19-8-12-21(13-9-19)26-23(28)29-16-17(2)3/h6-13,17H,4-5,14-16H2,1-3H3,(H,26,28)(H2,24,25,27). The van der Waals surface area contributed by atoms with Gasteiger partial charge in [-0.3, -0.25) is 5.32 Å². The third-order valence-corrected chi connectivity index (χ3v) is 4.18. The van der Waals surface area contributed by atoms with Crippen LogP contribution in [0.5, 0.6) is 0 Å². The normalized spacial score (nSPS) is 10.5. The topological polar surface area (TPSA) is 79.5 Å². The Morgan fingerprint density at radius 1 is 0.897 bits per heavy atom. The fourth-order valence-corrected chi connectivity index (χ4v) is 2.60. The van der Waals surface area contributed by atoms with Crippen LogP contribution in [-0.2, 0) is 11.2 Å². The number of hydrogen-bond acceptors (Lipinski definition) is 3. The summed E-state index contributed by atoms with van der Waals surface area (Å²) in [5.74, 6) is 0.306. The Kier molecular flexibility index (Phi) is 9.02. The van der Waals surface area contributed by atoms with Crippen molar-refractivity contribution >= 4 is 23.5 Å². The molecular formula is C23H31N3O3. The van der Waals surface area contributed by atoms with Crippen molar-refractivity contribution in [1.82, 2.24) is 5.32 Å². The molecule has 0 aliphatic rings. The Bertz CT molecular complexity index is 771. The van der Waals surface area contributed by atoms with Gasteiger partial charge in [0.15, 0.2) is 0 Å². The predicted octanol–water partition coefficient (Wildman–Crippen LogP) is 5.40. The number of unbranched alkanes of at least 4 members (excludes halogenated alkanes) is 1. The molecule has 3 amide bonds. The van der Waals surface area contributed by atoms with Gasteiger partial charge in [-0.05, 0) is 54.2 Å². The molecule has 0 saturated heterocycles. The van der Waals surface area contributed by atoms with Gasteiger partial charge in [0, 0.05) is 17.9 Å². The minimum absolute atomic E-state index is 0.179. The number of nitrogens with one attached hydrogen (secondary N) is 3. The third-order valence-electron chi connectivity index (χ3n) is 4.18. The molecule has 0 aromatic heterocycles. The maximum Gasteiger partial charge on any atom is 0.411 e. The molecule has 0 fully saturated rings. The van der Waals surface area contributed by atoms with E-state index in [-0.39, 0.29) is 6.03 Å². The van der Waals surface area contributed by atoms with Crippen molar-refractivity contribution < 1.29 is 14.3 Å². The molecule has 0 atom stereocenters. The number of rotatable bonds is 9. The smallest absolute Gasteiger partial charge is 0.411 e. The highest BCUT2D eigenvalue weighted by Gasteiger charge is 2.05. The van der Waals surface area contributed by atoms with Crippen molar-refractivity contribution in [2.45, 2.75) is 40.0 Å². The first-order valence-electron chi connectivity index (χ1n) is 10.1. The van der Waals surface area contributed by atoms with Gasteiger partial charge in [-0.1, -0.05) is 51.5 Å². The Morgan fingerprint density at radius 2 is 1.45 bits per heavy atom. The van der Waals surface area contributed by atoms with E-state index in [0.717, 1.165) is 36.1 Å². The van der Waals surface area contributed by atoms with Crippen LogP contribution in [0.1, 0.15) is 44.7 Å². The van der Waals surface area contributed by atoms with Crippen LogP contribution in [0.15, 0.2) is 48.5 Å². The first kappa shape index (κ1) is 22.3. The first-order valence-corrected chi connectivity index (χ1v) is 10.1. The molecule has 2 aromatic carbocycles. The number of hydrogen-bond donors (Lipinski definition) is 3. The van der Waals surface area contributed by atoms with Crippen LogP contribution < -0.4 is 16.0 Å². The van der Waals surface area contributed by atoms with E-state index in [2.05, 4.69) is 22.9 Å². The minimum atomic E-state index is -0.437. The molecule has 156 valence electrons. The van der Waals surface area contributed by atoms with Gasteiger partial charge in [-0.15, -0.1) is 0 Å². The number of amides is 3. The lowest BCUT2D eigenvalue weighted by molar-refractivity contribution is 0.147. The van der Waals surface area contributed by atoms with Crippen LogP contribution >= 0.6 is 0 Å². The molecule has 3 N–H and O–H groups in total. The highest BCUT2D eigenvalue weighted by molar-refractivity contribution is 5.89. The summed E-state index contributed by atoms with van der Waals surface area (Å²) in [5, 5.41) is 8.39. The van der Waals surface area contributed by atoms with Crippen LogP contribution in [0.25, 0.3) is 0 Å². The second-order valence-corrected chi connectivity index (χ2v) is 7.42. The van der Waals surface area contributed by atoms with E-state index in [9.17, 15) is 9.59 Å². The summed E-state index contributed by atoms with van der Waals surface area (Å²) in [6, 6.07) is 15.3. The zero-order valence-electron chi connectivity index (χ0n) is 17.5. The zero-order chi connectivity index (χ0) is 21.1. The average molecular weight is 398 g/mol. The van der Waals surface area contributed by atoms with Crippen LogP contribution in [-0.4, -0.2) is 25.3 Å². The maximum absolute atomic E-state index is 11.8. The van der Waals surface area contributed by atoms with Crippen LogP contribution in [0.3, 0.4) is 0 Å². The van der Waals surface area contributed by atoms with Gasteiger partial charge in [0.25, 0.3) is 0 Å². The van der Waals surface area contributed by atoms with Gasteiger partial charge in [-0.25, -0.2) is 9.59 Å². The third kappa shape index (κ3) is 8.68. The number of benzene rings is 2. The van der Waals surface area contributed by atoms with Crippen molar-refractivity contribution in [2.24, 2.45) is 5.92 Å². The molecule has 2 aromatic rings. The van der Waals surface area contributed by atoms with E-state index >= 15 is 0 Å². The van der Waals surface area contributed by atoms with Crippen molar-refractivity contribution in [3.8, 4) is 0 Å². The zero-order valence-corrected chi connectivity index (χ0v) is 17.5. The Balaban J connectivity index is 1.82. The number of urea groups is 1. The highest BCUT2D eigenvalue weighted by atomic mass is 16.5. The molecule has 6 nitrogen and oxygen atoms in total. The molecule has 0 spiro atoms. The van der Waals surface area contributed by atoms with E-state index < -0.39 is 6.09 Å². The molecular weight excluding hydrogens is 366 g/mol. The Morgan fingerprint density at radius 3 is 1.97 bits per heavy atom. The molecule has 29 heavy (non-hydrogen) atoms. The van der Waals surface area contributed by atoms with Crippen molar-refractivity contribution in [3.63, 3.8) is 0 Å². The number of carbonyl (C=O) groups is 2. The summed E-state index contributed by atoms with van der Waals surface area (Å²) in [4.78, 5) is 23.5. The van der Waals surface area contributed by atoms with Crippen LogP contribution in [0.4, 0.5) is 21.0 Å². The van der Waals surface area contributed by atoms with Gasteiger partial charge >= 0.3 is 12.1 Å². The number of ether oxygens (including phenoxy) is 1. The van der Waals surface area contributed by atoms with Crippen molar-refractivity contribution in [2.75, 3.05) is 23.8 Å². The molecule has 0 aliphatic heterocycles. The maximum atomic E-state index is 11.8. The van der Waals surface area contributed by atoms with Gasteiger partial charge < -0.3 is 15.4 Å². The lowest BCUT2D eigenvalue weighted by atomic mass is 10.0. The molecule has 0 heterocycles. The fraction of sp³-hybridized carbons (Fsp3) is 0.391. The number of anilines is 2. The molecule has 0 bridgehead atoms. The molecule has 0 unspecified atom stereocenters. The fourth-order valence-electron chi connectivity index (χ4n) is 2.60. The second-order valence-electron chi connectivity index (χ2n) is 7.42. The molecule has 0 saturated carbocycles.